The molecule has 0 aliphatic rings. The van der Waals surface area contributed by atoms with Crippen LogP contribution in [0.1, 0.15) is 43.4 Å². The number of aromatic nitrogens is 2. The fourth-order valence-electron chi connectivity index (χ4n) is 3.49. The molecular weight excluding hydrogens is 418 g/mol. The first-order valence-electron chi connectivity index (χ1n) is 10.8. The topological polar surface area (TPSA) is 55.3 Å². The minimum atomic E-state index is 0.00948. The number of nitrogens with zero attached hydrogens (tertiary/aromatic N) is 3. The van der Waals surface area contributed by atoms with Crippen LogP contribution >= 0.6 is 11.3 Å². The number of benzene rings is 2. The van der Waals surface area contributed by atoms with Crippen molar-refractivity contribution in [2.75, 3.05) is 11.5 Å². The first-order chi connectivity index (χ1) is 15.5. The summed E-state index contributed by atoms with van der Waals surface area (Å²) in [6, 6.07) is 18.0. The van der Waals surface area contributed by atoms with Gasteiger partial charge in [-0.15, -0.1) is 0 Å². The lowest BCUT2D eigenvalue weighted by atomic mass is 10.0. The molecule has 0 saturated heterocycles. The van der Waals surface area contributed by atoms with E-state index >= 15 is 0 Å². The summed E-state index contributed by atoms with van der Waals surface area (Å²) >= 11 is 1.50. The van der Waals surface area contributed by atoms with Crippen molar-refractivity contribution in [1.29, 1.82) is 0 Å². The summed E-state index contributed by atoms with van der Waals surface area (Å²) in [6.45, 7) is 7.33. The molecule has 0 spiro atoms. The molecule has 0 atom stereocenters. The van der Waals surface area contributed by atoms with Crippen molar-refractivity contribution < 1.29 is 9.53 Å². The lowest BCUT2D eigenvalue weighted by Crippen LogP contribution is -2.31. The third-order valence-corrected chi connectivity index (χ3v) is 6.30. The molecule has 6 heteroatoms. The maximum Gasteiger partial charge on any atom is 0.233 e. The van der Waals surface area contributed by atoms with Crippen LogP contribution < -0.4 is 9.64 Å². The first-order valence-corrected chi connectivity index (χ1v) is 11.7. The summed E-state index contributed by atoms with van der Waals surface area (Å²) in [4.78, 5) is 24.2. The van der Waals surface area contributed by atoms with Crippen molar-refractivity contribution in [3.63, 3.8) is 0 Å². The summed E-state index contributed by atoms with van der Waals surface area (Å²) in [7, 11) is 0. The number of amides is 1. The van der Waals surface area contributed by atoms with Crippen LogP contribution in [0.5, 0.6) is 5.75 Å². The van der Waals surface area contributed by atoms with Crippen LogP contribution in [0.25, 0.3) is 10.2 Å². The van der Waals surface area contributed by atoms with Gasteiger partial charge in [-0.3, -0.25) is 14.7 Å². The van der Waals surface area contributed by atoms with Gasteiger partial charge in [0.2, 0.25) is 5.91 Å². The number of ether oxygens (including phenoxy) is 1. The molecule has 32 heavy (non-hydrogen) atoms. The van der Waals surface area contributed by atoms with E-state index in [1.54, 1.807) is 17.3 Å². The second-order valence-corrected chi connectivity index (χ2v) is 8.98. The molecule has 164 valence electrons. The van der Waals surface area contributed by atoms with E-state index in [9.17, 15) is 4.79 Å². The Morgan fingerprint density at radius 3 is 2.59 bits per heavy atom. The number of anilines is 1. The Balaban J connectivity index is 1.63. The van der Waals surface area contributed by atoms with E-state index in [4.69, 9.17) is 9.72 Å². The summed E-state index contributed by atoms with van der Waals surface area (Å²) in [5, 5.41) is 0.682. The van der Waals surface area contributed by atoms with Gasteiger partial charge < -0.3 is 4.74 Å². The Kier molecular flexibility index (Phi) is 6.81. The van der Waals surface area contributed by atoms with Crippen LogP contribution in [0, 0.1) is 0 Å². The lowest BCUT2D eigenvalue weighted by molar-refractivity contribution is -0.118. The van der Waals surface area contributed by atoms with Crippen LogP contribution in [0.4, 0.5) is 5.13 Å². The molecule has 0 aliphatic carbocycles. The summed E-state index contributed by atoms with van der Waals surface area (Å²) < 4.78 is 6.62. The van der Waals surface area contributed by atoms with E-state index in [2.05, 4.69) is 31.0 Å². The van der Waals surface area contributed by atoms with Gasteiger partial charge in [0.15, 0.2) is 5.13 Å². The molecule has 2 aromatic carbocycles. The standard InChI is InChI=1S/C26H27N3O2S/c1-4-31-22-11-12-23-24(15-22)32-26(28-23)29(17-20-6-5-13-27-16-20)25(30)14-19-7-9-21(10-8-19)18(2)3/h5-13,15-16,18H,4,14,17H2,1-3H3. The van der Waals surface area contributed by atoms with Gasteiger partial charge in [0.05, 0.1) is 29.8 Å². The van der Waals surface area contributed by atoms with Crippen LogP contribution in [-0.2, 0) is 17.8 Å². The summed E-state index contributed by atoms with van der Waals surface area (Å²) in [5.41, 5.74) is 4.09. The average molecular weight is 446 g/mol. The summed E-state index contributed by atoms with van der Waals surface area (Å²) in [6.07, 6.45) is 3.84. The zero-order valence-electron chi connectivity index (χ0n) is 18.6. The van der Waals surface area contributed by atoms with Crippen molar-refractivity contribution >= 4 is 32.6 Å². The molecule has 0 saturated carbocycles. The van der Waals surface area contributed by atoms with Gasteiger partial charge in [0.1, 0.15) is 5.75 Å². The van der Waals surface area contributed by atoms with Crippen molar-refractivity contribution in [2.24, 2.45) is 0 Å². The number of hydrogen-bond acceptors (Lipinski definition) is 5. The predicted molar refractivity (Wildman–Crippen MR) is 130 cm³/mol. The molecule has 0 radical (unpaired) electrons. The van der Waals surface area contributed by atoms with Gasteiger partial charge in [-0.1, -0.05) is 55.5 Å². The first kappa shape index (κ1) is 22.0. The maximum atomic E-state index is 13.4. The Morgan fingerprint density at radius 2 is 1.91 bits per heavy atom. The minimum absolute atomic E-state index is 0.00948. The largest absolute Gasteiger partial charge is 0.494 e. The average Bonchev–Trinajstić information content (AvgIpc) is 3.21. The lowest BCUT2D eigenvalue weighted by Gasteiger charge is -2.20. The third kappa shape index (κ3) is 5.14. The molecule has 0 unspecified atom stereocenters. The number of thiazole rings is 1. The highest BCUT2D eigenvalue weighted by Gasteiger charge is 2.21. The number of pyridine rings is 1. The van der Waals surface area contributed by atoms with Gasteiger partial charge in [0.25, 0.3) is 0 Å². The Bertz CT molecular complexity index is 1190. The van der Waals surface area contributed by atoms with E-state index in [1.165, 1.54) is 16.9 Å². The second kappa shape index (κ2) is 9.92. The van der Waals surface area contributed by atoms with E-state index in [0.29, 0.717) is 30.6 Å². The number of carbonyl (C=O) groups excluding carboxylic acids is 1. The van der Waals surface area contributed by atoms with E-state index < -0.39 is 0 Å². The summed E-state index contributed by atoms with van der Waals surface area (Å²) in [5.74, 6) is 1.28. The Morgan fingerprint density at radius 1 is 1.09 bits per heavy atom. The van der Waals surface area contributed by atoms with Gasteiger partial charge >= 0.3 is 0 Å². The second-order valence-electron chi connectivity index (χ2n) is 7.97. The predicted octanol–water partition coefficient (Wildman–Crippen LogP) is 5.99. The zero-order valence-corrected chi connectivity index (χ0v) is 19.4. The van der Waals surface area contributed by atoms with Gasteiger partial charge in [-0.2, -0.15) is 0 Å². The molecule has 0 fully saturated rings. The van der Waals surface area contributed by atoms with Crippen molar-refractivity contribution in [1.82, 2.24) is 9.97 Å². The number of carbonyl (C=O) groups is 1. The normalized spacial score (nSPS) is 11.1. The van der Waals surface area contributed by atoms with Crippen LogP contribution in [0.2, 0.25) is 0 Å². The number of fused-ring (bicyclic) bond motifs is 1. The van der Waals surface area contributed by atoms with E-state index in [-0.39, 0.29) is 5.91 Å². The fraction of sp³-hybridized carbons (Fsp3) is 0.269. The number of hydrogen-bond donors (Lipinski definition) is 0. The quantitative estimate of drug-likeness (QED) is 0.334. The van der Waals surface area contributed by atoms with E-state index in [1.807, 2.05) is 49.4 Å². The van der Waals surface area contributed by atoms with E-state index in [0.717, 1.165) is 27.1 Å². The van der Waals surface area contributed by atoms with Crippen LogP contribution in [-0.4, -0.2) is 22.5 Å². The third-order valence-electron chi connectivity index (χ3n) is 5.26. The molecule has 4 aromatic rings. The van der Waals surface area contributed by atoms with Crippen molar-refractivity contribution in [3.05, 3.63) is 83.7 Å². The van der Waals surface area contributed by atoms with Crippen LogP contribution in [0.15, 0.2) is 67.0 Å². The minimum Gasteiger partial charge on any atom is -0.494 e. The fourth-order valence-corrected chi connectivity index (χ4v) is 4.50. The molecule has 4 rings (SSSR count). The molecule has 0 aliphatic heterocycles. The van der Waals surface area contributed by atoms with Gasteiger partial charge in [0, 0.05) is 12.4 Å². The highest BCUT2D eigenvalue weighted by molar-refractivity contribution is 7.22. The Hall–Kier alpha value is -3.25. The Labute approximate surface area is 192 Å². The molecule has 2 aromatic heterocycles. The molecular formula is C26H27N3O2S. The highest BCUT2D eigenvalue weighted by atomic mass is 32.1. The highest BCUT2D eigenvalue weighted by Crippen LogP contribution is 2.32. The van der Waals surface area contributed by atoms with Crippen LogP contribution in [0.3, 0.4) is 0 Å². The molecule has 1 amide bonds. The van der Waals surface area contributed by atoms with Crippen molar-refractivity contribution in [3.8, 4) is 5.75 Å². The molecule has 0 N–H and O–H groups in total. The number of rotatable bonds is 8. The molecule has 2 heterocycles. The zero-order chi connectivity index (χ0) is 22.5. The molecule has 0 bridgehead atoms. The van der Waals surface area contributed by atoms with Gasteiger partial charge in [-0.05, 0) is 53.8 Å². The molecule has 5 nitrogen and oxygen atoms in total. The monoisotopic (exact) mass is 445 g/mol. The van der Waals surface area contributed by atoms with Gasteiger partial charge in [-0.25, -0.2) is 4.98 Å². The van der Waals surface area contributed by atoms with Crippen molar-refractivity contribution in [2.45, 2.75) is 39.7 Å². The maximum absolute atomic E-state index is 13.4. The smallest absolute Gasteiger partial charge is 0.233 e. The SMILES string of the molecule is CCOc1ccc2nc(N(Cc3cccnc3)C(=O)Cc3ccc(C(C)C)cc3)sc2c1.